The van der Waals surface area contributed by atoms with E-state index in [1.165, 1.54) is 0 Å². The lowest BCUT2D eigenvalue weighted by molar-refractivity contribution is -0.136. The molecular formula is C26H30ClN3O4. The van der Waals surface area contributed by atoms with Crippen LogP contribution in [0.3, 0.4) is 0 Å². The monoisotopic (exact) mass is 483 g/mol. The Balaban J connectivity index is 1.32. The van der Waals surface area contributed by atoms with Gasteiger partial charge < -0.3 is 19.9 Å². The van der Waals surface area contributed by atoms with E-state index >= 15 is 0 Å². The summed E-state index contributed by atoms with van der Waals surface area (Å²) in [7, 11) is 0. The molecule has 2 saturated heterocycles. The number of nitrogens with zero attached hydrogens (tertiary/aromatic N) is 2. The van der Waals surface area contributed by atoms with E-state index in [1.54, 1.807) is 23.1 Å². The number of likely N-dealkylation sites (tertiary alicyclic amines) is 2. The van der Waals surface area contributed by atoms with E-state index in [9.17, 15) is 14.4 Å². The van der Waals surface area contributed by atoms with Crippen LogP contribution in [0.25, 0.3) is 0 Å². The minimum Gasteiger partial charge on any atom is -0.484 e. The van der Waals surface area contributed by atoms with Crippen molar-refractivity contribution in [1.29, 1.82) is 0 Å². The molecule has 2 heterocycles. The van der Waals surface area contributed by atoms with Crippen molar-refractivity contribution in [3.05, 3.63) is 59.1 Å². The number of carbonyl (C=O) groups excluding carboxylic acids is 3. The number of hydrogen-bond acceptors (Lipinski definition) is 4. The first-order valence-electron chi connectivity index (χ1n) is 11.9. The summed E-state index contributed by atoms with van der Waals surface area (Å²) in [5.74, 6) is 0.0950. The number of carbonyl (C=O) groups is 3. The molecule has 2 aromatic carbocycles. The third-order valence-electron chi connectivity index (χ3n) is 6.44. The minimum atomic E-state index is -0.240. The summed E-state index contributed by atoms with van der Waals surface area (Å²) in [4.78, 5) is 42.1. The normalized spacial score (nSPS) is 16.7. The van der Waals surface area contributed by atoms with E-state index in [4.69, 9.17) is 16.3 Å². The van der Waals surface area contributed by atoms with Gasteiger partial charge in [0.2, 0.25) is 5.91 Å². The second-order valence-electron chi connectivity index (χ2n) is 8.79. The van der Waals surface area contributed by atoms with Crippen molar-refractivity contribution in [2.75, 3.05) is 38.1 Å². The number of nitrogens with one attached hydrogen (secondary N) is 1. The number of hydrogen-bond donors (Lipinski definition) is 1. The van der Waals surface area contributed by atoms with Crippen molar-refractivity contribution >= 4 is 35.0 Å². The van der Waals surface area contributed by atoms with E-state index in [-0.39, 0.29) is 30.2 Å². The van der Waals surface area contributed by atoms with Gasteiger partial charge in [0.1, 0.15) is 5.75 Å². The van der Waals surface area contributed by atoms with Crippen LogP contribution in [0.4, 0.5) is 5.69 Å². The van der Waals surface area contributed by atoms with Crippen LogP contribution in [0.5, 0.6) is 5.75 Å². The lowest BCUT2D eigenvalue weighted by Gasteiger charge is -2.31. The van der Waals surface area contributed by atoms with E-state index in [1.807, 2.05) is 35.2 Å². The SMILES string of the molecule is O=C(Nc1cc(Cl)ccc1C(=O)N1CCCCC1)C1CCN(C(=O)COc2ccccc2)CC1. The molecule has 1 N–H and O–H groups in total. The topological polar surface area (TPSA) is 79.0 Å². The first-order valence-corrected chi connectivity index (χ1v) is 12.2. The van der Waals surface area contributed by atoms with Gasteiger partial charge in [-0.1, -0.05) is 29.8 Å². The summed E-state index contributed by atoms with van der Waals surface area (Å²) in [6.07, 6.45) is 4.23. The molecule has 0 unspecified atom stereocenters. The molecule has 0 aliphatic carbocycles. The Hall–Kier alpha value is -3.06. The van der Waals surface area contributed by atoms with Crippen LogP contribution in [-0.2, 0) is 9.59 Å². The predicted octanol–water partition coefficient (Wildman–Crippen LogP) is 4.22. The smallest absolute Gasteiger partial charge is 0.260 e. The highest BCUT2D eigenvalue weighted by atomic mass is 35.5. The molecule has 0 bridgehead atoms. The van der Waals surface area contributed by atoms with E-state index in [0.29, 0.717) is 48.0 Å². The number of halogens is 1. The molecule has 0 aromatic heterocycles. The number of rotatable bonds is 6. The summed E-state index contributed by atoms with van der Waals surface area (Å²) in [6.45, 7) is 2.42. The molecule has 2 aliphatic rings. The van der Waals surface area contributed by atoms with Crippen LogP contribution in [0.1, 0.15) is 42.5 Å². The average Bonchev–Trinajstić information content (AvgIpc) is 2.88. The molecule has 2 aromatic rings. The fourth-order valence-electron chi connectivity index (χ4n) is 4.45. The number of ether oxygens (including phenoxy) is 1. The molecule has 7 nitrogen and oxygen atoms in total. The summed E-state index contributed by atoms with van der Waals surface area (Å²) in [5, 5.41) is 3.40. The first kappa shape index (κ1) is 24.1. The van der Waals surface area contributed by atoms with Gasteiger partial charge in [0, 0.05) is 37.1 Å². The van der Waals surface area contributed by atoms with Crippen molar-refractivity contribution in [1.82, 2.24) is 9.80 Å². The molecule has 0 spiro atoms. The lowest BCUT2D eigenvalue weighted by atomic mass is 9.95. The quantitative estimate of drug-likeness (QED) is 0.667. The molecule has 8 heteroatoms. The molecule has 0 radical (unpaired) electrons. The Labute approximate surface area is 205 Å². The molecule has 2 fully saturated rings. The van der Waals surface area contributed by atoms with Crippen molar-refractivity contribution in [3.8, 4) is 5.75 Å². The number of benzene rings is 2. The zero-order chi connectivity index (χ0) is 23.9. The molecule has 0 saturated carbocycles. The van der Waals surface area contributed by atoms with Crippen LogP contribution in [-0.4, -0.2) is 60.3 Å². The van der Waals surface area contributed by atoms with Gasteiger partial charge in [0.15, 0.2) is 6.61 Å². The van der Waals surface area contributed by atoms with E-state index < -0.39 is 0 Å². The van der Waals surface area contributed by atoms with E-state index in [0.717, 1.165) is 32.4 Å². The van der Waals surface area contributed by atoms with Gasteiger partial charge in [-0.05, 0) is 62.4 Å². The number of anilines is 1. The van der Waals surface area contributed by atoms with Crippen molar-refractivity contribution in [2.45, 2.75) is 32.1 Å². The Bertz CT molecular complexity index is 1020. The fourth-order valence-corrected chi connectivity index (χ4v) is 4.62. The Kier molecular flexibility index (Phi) is 8.06. The molecule has 2 aliphatic heterocycles. The van der Waals surface area contributed by atoms with Crippen LogP contribution in [0, 0.1) is 5.92 Å². The van der Waals surface area contributed by atoms with Crippen LogP contribution in [0.2, 0.25) is 5.02 Å². The van der Waals surface area contributed by atoms with Gasteiger partial charge in [-0.3, -0.25) is 14.4 Å². The Morgan fingerprint density at radius 1 is 0.912 bits per heavy atom. The van der Waals surface area contributed by atoms with Gasteiger partial charge in [-0.15, -0.1) is 0 Å². The van der Waals surface area contributed by atoms with Crippen LogP contribution >= 0.6 is 11.6 Å². The van der Waals surface area contributed by atoms with Gasteiger partial charge in [-0.2, -0.15) is 0 Å². The zero-order valence-electron chi connectivity index (χ0n) is 19.2. The molecular weight excluding hydrogens is 454 g/mol. The Morgan fingerprint density at radius 2 is 1.62 bits per heavy atom. The van der Waals surface area contributed by atoms with E-state index in [2.05, 4.69) is 5.32 Å². The summed E-state index contributed by atoms with van der Waals surface area (Å²) in [5.41, 5.74) is 0.910. The number of para-hydroxylation sites is 1. The predicted molar refractivity (Wildman–Crippen MR) is 131 cm³/mol. The highest BCUT2D eigenvalue weighted by Gasteiger charge is 2.29. The second kappa shape index (κ2) is 11.4. The second-order valence-corrected chi connectivity index (χ2v) is 9.23. The van der Waals surface area contributed by atoms with Gasteiger partial charge >= 0.3 is 0 Å². The van der Waals surface area contributed by atoms with Crippen LogP contribution in [0.15, 0.2) is 48.5 Å². The molecule has 34 heavy (non-hydrogen) atoms. The summed E-state index contributed by atoms with van der Waals surface area (Å²) >= 11 is 6.17. The fraction of sp³-hybridized carbons (Fsp3) is 0.423. The molecule has 3 amide bonds. The zero-order valence-corrected chi connectivity index (χ0v) is 19.9. The third-order valence-corrected chi connectivity index (χ3v) is 6.67. The lowest BCUT2D eigenvalue weighted by Crippen LogP contribution is -2.43. The van der Waals surface area contributed by atoms with Crippen molar-refractivity contribution < 1.29 is 19.1 Å². The minimum absolute atomic E-state index is 0.0225. The van der Waals surface area contributed by atoms with Crippen LogP contribution < -0.4 is 10.1 Å². The highest BCUT2D eigenvalue weighted by Crippen LogP contribution is 2.26. The number of piperidine rings is 2. The average molecular weight is 484 g/mol. The summed E-state index contributed by atoms with van der Waals surface area (Å²) < 4.78 is 5.55. The summed E-state index contributed by atoms with van der Waals surface area (Å²) in [6, 6.07) is 14.2. The molecule has 0 atom stereocenters. The largest absolute Gasteiger partial charge is 0.484 e. The maximum absolute atomic E-state index is 13.0. The maximum atomic E-state index is 13.0. The third kappa shape index (κ3) is 6.08. The Morgan fingerprint density at radius 3 is 2.32 bits per heavy atom. The van der Waals surface area contributed by atoms with Crippen molar-refractivity contribution in [2.24, 2.45) is 5.92 Å². The molecule has 4 rings (SSSR count). The van der Waals surface area contributed by atoms with Crippen molar-refractivity contribution in [3.63, 3.8) is 0 Å². The van der Waals surface area contributed by atoms with Gasteiger partial charge in [0.05, 0.1) is 11.3 Å². The standard InChI is InChI=1S/C26H30ClN3O4/c27-20-9-10-22(26(33)30-13-5-2-6-14-30)23(17-20)28-25(32)19-11-15-29(16-12-19)24(31)18-34-21-7-3-1-4-8-21/h1,3-4,7-10,17,19H,2,5-6,11-16,18H2,(H,28,32). The maximum Gasteiger partial charge on any atom is 0.260 e. The first-order chi connectivity index (χ1) is 16.5. The number of amides is 3. The molecule has 180 valence electrons. The van der Waals surface area contributed by atoms with Gasteiger partial charge in [0.25, 0.3) is 11.8 Å². The van der Waals surface area contributed by atoms with Gasteiger partial charge in [-0.25, -0.2) is 0 Å². The highest BCUT2D eigenvalue weighted by molar-refractivity contribution is 6.31.